The van der Waals surface area contributed by atoms with E-state index < -0.39 is 0 Å². The zero-order valence-electron chi connectivity index (χ0n) is 24.2. The molecule has 1 heterocycles. The smallest absolute Gasteiger partial charge is 0.239 e. The first-order valence-corrected chi connectivity index (χ1v) is 15.2. The predicted molar refractivity (Wildman–Crippen MR) is 170 cm³/mol. The number of carbonyl (C=O) groups excluding carboxylic acids is 1. The molecular formula is C36H37N5O. The Morgan fingerprint density at radius 1 is 1.00 bits per heavy atom. The Labute approximate surface area is 247 Å². The molecule has 0 spiro atoms. The van der Waals surface area contributed by atoms with Crippen LogP contribution in [0.25, 0.3) is 32.9 Å². The highest BCUT2D eigenvalue weighted by molar-refractivity contribution is 5.94. The van der Waals surface area contributed by atoms with Crippen molar-refractivity contribution in [3.63, 3.8) is 0 Å². The molecule has 0 bridgehead atoms. The lowest BCUT2D eigenvalue weighted by atomic mass is 9.94. The van der Waals surface area contributed by atoms with E-state index in [-0.39, 0.29) is 12.5 Å². The maximum Gasteiger partial charge on any atom is 0.239 e. The lowest BCUT2D eigenvalue weighted by Crippen LogP contribution is -2.39. The van der Waals surface area contributed by atoms with Crippen LogP contribution in [0.3, 0.4) is 0 Å². The van der Waals surface area contributed by atoms with Crippen molar-refractivity contribution in [1.82, 2.24) is 14.9 Å². The van der Waals surface area contributed by atoms with E-state index >= 15 is 0 Å². The maximum absolute atomic E-state index is 12.6. The topological polar surface area (TPSA) is 82.7 Å². The molecule has 6 heteroatoms. The van der Waals surface area contributed by atoms with Crippen LogP contribution in [0.1, 0.15) is 62.4 Å². The van der Waals surface area contributed by atoms with Gasteiger partial charge in [0.15, 0.2) is 0 Å². The van der Waals surface area contributed by atoms with Crippen LogP contribution in [0.4, 0.5) is 5.69 Å². The lowest BCUT2D eigenvalue weighted by Gasteiger charge is -2.22. The van der Waals surface area contributed by atoms with Gasteiger partial charge in [-0.1, -0.05) is 86.8 Å². The van der Waals surface area contributed by atoms with E-state index in [1.54, 1.807) is 0 Å². The molecule has 1 saturated carbocycles. The van der Waals surface area contributed by atoms with Crippen molar-refractivity contribution in [2.24, 2.45) is 0 Å². The molecule has 5 aromatic rings. The Bertz CT molecular complexity index is 1760. The third-order valence-corrected chi connectivity index (χ3v) is 8.37. The molecule has 212 valence electrons. The third-order valence-electron chi connectivity index (χ3n) is 8.37. The van der Waals surface area contributed by atoms with Gasteiger partial charge in [-0.15, -0.1) is 0 Å². The van der Waals surface area contributed by atoms with Crippen molar-refractivity contribution in [3.05, 3.63) is 95.8 Å². The van der Waals surface area contributed by atoms with Gasteiger partial charge in [-0.3, -0.25) is 4.79 Å². The summed E-state index contributed by atoms with van der Waals surface area (Å²) in [4.78, 5) is 17.5. The van der Waals surface area contributed by atoms with E-state index in [1.807, 2.05) is 42.5 Å². The predicted octanol–water partition coefficient (Wildman–Crippen LogP) is 7.59. The second-order valence-electron chi connectivity index (χ2n) is 11.3. The number of nitrogens with one attached hydrogen (secondary N) is 2. The number of anilines is 1. The number of amides is 1. The zero-order chi connectivity index (χ0) is 28.9. The number of hydrogen-bond acceptors (Lipinski definition) is 4. The molecule has 4 aromatic carbocycles. The van der Waals surface area contributed by atoms with Crippen molar-refractivity contribution in [1.29, 1.82) is 5.26 Å². The second-order valence-corrected chi connectivity index (χ2v) is 11.3. The molecule has 2 N–H and O–H groups in total. The first-order chi connectivity index (χ1) is 20.6. The first-order valence-electron chi connectivity index (χ1n) is 15.2. The van der Waals surface area contributed by atoms with Crippen LogP contribution in [0.15, 0.2) is 78.9 Å². The van der Waals surface area contributed by atoms with E-state index in [0.717, 1.165) is 70.1 Å². The summed E-state index contributed by atoms with van der Waals surface area (Å²) in [7, 11) is 0. The highest BCUT2D eigenvalue weighted by atomic mass is 16.2. The number of carbonyl (C=O) groups is 1. The van der Waals surface area contributed by atoms with Crippen LogP contribution in [-0.2, 0) is 17.8 Å². The number of aromatic nitrogens is 2. The van der Waals surface area contributed by atoms with E-state index in [1.165, 1.54) is 24.8 Å². The number of nitriles is 1. The summed E-state index contributed by atoms with van der Waals surface area (Å²) >= 11 is 0. The molecule has 0 radical (unpaired) electrons. The van der Waals surface area contributed by atoms with Gasteiger partial charge in [0.25, 0.3) is 0 Å². The van der Waals surface area contributed by atoms with Gasteiger partial charge in [-0.25, -0.2) is 4.98 Å². The molecule has 1 aliphatic rings. The standard InChI is InChI=1S/C36H37N5O/c1-2-8-35-40-33-20-18-29(38-23-36(42)39-28-10-4-3-5-11-28)21-34(33)41(35)24-25-13-15-27(16-14-25)31-19-17-26-9-6-7-12-30(26)32(31)22-37/h6-7,9,12-21,28,38H,2-5,8,10-11,23-24H2,1H3,(H,39,42). The molecule has 0 unspecified atom stereocenters. The van der Waals surface area contributed by atoms with Crippen LogP contribution in [-0.4, -0.2) is 28.0 Å². The molecule has 6 nitrogen and oxygen atoms in total. The van der Waals surface area contributed by atoms with Crippen molar-refractivity contribution in [2.75, 3.05) is 11.9 Å². The largest absolute Gasteiger partial charge is 0.376 e. The van der Waals surface area contributed by atoms with Crippen molar-refractivity contribution in [3.8, 4) is 17.2 Å². The minimum Gasteiger partial charge on any atom is -0.376 e. The second kappa shape index (κ2) is 12.5. The first kappa shape index (κ1) is 27.5. The minimum atomic E-state index is 0.0493. The van der Waals surface area contributed by atoms with Crippen LogP contribution in [0, 0.1) is 11.3 Å². The summed E-state index contributed by atoms with van der Waals surface area (Å²) in [6.07, 6.45) is 7.74. The number of fused-ring (bicyclic) bond motifs is 2. The number of aryl methyl sites for hydroxylation is 1. The average molecular weight is 556 g/mol. The van der Waals surface area contributed by atoms with Gasteiger partial charge in [0.1, 0.15) is 11.9 Å². The van der Waals surface area contributed by atoms with Crippen LogP contribution in [0.5, 0.6) is 0 Å². The highest BCUT2D eigenvalue weighted by Gasteiger charge is 2.16. The molecular weight excluding hydrogens is 518 g/mol. The summed E-state index contributed by atoms with van der Waals surface area (Å²) in [5, 5.41) is 18.5. The zero-order valence-corrected chi connectivity index (χ0v) is 24.2. The van der Waals surface area contributed by atoms with Crippen molar-refractivity contribution in [2.45, 2.75) is 64.5 Å². The SMILES string of the molecule is CCCc1nc2ccc(NCC(=O)NC3CCCCC3)cc2n1Cc1ccc(-c2ccc3ccccc3c2C#N)cc1. The maximum atomic E-state index is 12.6. The Balaban J connectivity index is 1.22. The molecule has 1 fully saturated rings. The highest BCUT2D eigenvalue weighted by Crippen LogP contribution is 2.31. The Morgan fingerprint density at radius 2 is 1.81 bits per heavy atom. The Kier molecular flexibility index (Phi) is 8.18. The normalized spacial score (nSPS) is 13.7. The molecule has 1 aromatic heterocycles. The van der Waals surface area contributed by atoms with Gasteiger partial charge in [0.2, 0.25) is 5.91 Å². The minimum absolute atomic E-state index is 0.0493. The van der Waals surface area contributed by atoms with E-state index in [9.17, 15) is 10.1 Å². The fourth-order valence-electron chi connectivity index (χ4n) is 6.19. The molecule has 0 aliphatic heterocycles. The lowest BCUT2D eigenvalue weighted by molar-refractivity contribution is -0.120. The van der Waals surface area contributed by atoms with Crippen LogP contribution >= 0.6 is 0 Å². The fourth-order valence-corrected chi connectivity index (χ4v) is 6.19. The number of rotatable bonds is 9. The summed E-state index contributed by atoms with van der Waals surface area (Å²) in [6, 6.07) is 29.6. The average Bonchev–Trinajstić information content (AvgIpc) is 3.36. The quantitative estimate of drug-likeness (QED) is 0.196. The van der Waals surface area contributed by atoms with Gasteiger partial charge >= 0.3 is 0 Å². The molecule has 1 aliphatic carbocycles. The van der Waals surface area contributed by atoms with E-state index in [4.69, 9.17) is 4.98 Å². The summed E-state index contributed by atoms with van der Waals surface area (Å²) in [6.45, 7) is 3.13. The molecule has 0 atom stereocenters. The Hall–Kier alpha value is -4.63. The number of hydrogen-bond donors (Lipinski definition) is 2. The van der Waals surface area contributed by atoms with E-state index in [0.29, 0.717) is 18.2 Å². The van der Waals surface area contributed by atoms with E-state index in [2.05, 4.69) is 64.6 Å². The van der Waals surface area contributed by atoms with Crippen LogP contribution < -0.4 is 10.6 Å². The monoisotopic (exact) mass is 555 g/mol. The van der Waals surface area contributed by atoms with Gasteiger partial charge < -0.3 is 15.2 Å². The van der Waals surface area contributed by atoms with Crippen LogP contribution in [0.2, 0.25) is 0 Å². The summed E-state index contributed by atoms with van der Waals surface area (Å²) in [5.74, 6) is 1.11. The summed E-state index contributed by atoms with van der Waals surface area (Å²) < 4.78 is 2.29. The Morgan fingerprint density at radius 3 is 2.60 bits per heavy atom. The molecule has 6 rings (SSSR count). The fraction of sp³-hybridized carbons (Fsp3) is 0.306. The number of imidazole rings is 1. The molecule has 0 saturated heterocycles. The molecule has 1 amide bonds. The third kappa shape index (κ3) is 5.87. The van der Waals surface area contributed by atoms with Crippen molar-refractivity contribution >= 4 is 33.4 Å². The van der Waals surface area contributed by atoms with Gasteiger partial charge in [0, 0.05) is 35.6 Å². The number of nitrogens with zero attached hydrogens (tertiary/aromatic N) is 3. The van der Waals surface area contributed by atoms with Gasteiger partial charge in [0.05, 0.1) is 23.1 Å². The molecule has 42 heavy (non-hydrogen) atoms. The van der Waals surface area contributed by atoms with Crippen molar-refractivity contribution < 1.29 is 4.79 Å². The van der Waals surface area contributed by atoms with Gasteiger partial charge in [-0.2, -0.15) is 5.26 Å². The summed E-state index contributed by atoms with van der Waals surface area (Å²) in [5.41, 5.74) is 6.79. The number of benzene rings is 4. The van der Waals surface area contributed by atoms with Gasteiger partial charge in [-0.05, 0) is 54.0 Å².